The van der Waals surface area contributed by atoms with Crippen LogP contribution in [-0.2, 0) is 4.79 Å². The van der Waals surface area contributed by atoms with Crippen molar-refractivity contribution in [2.45, 2.75) is 54.0 Å². The number of aromatic nitrogens is 5. The molecule has 0 aliphatic carbocycles. The maximum atomic E-state index is 14.0. The minimum absolute atomic E-state index is 0.0759. The van der Waals surface area contributed by atoms with Crippen molar-refractivity contribution in [2.24, 2.45) is 0 Å². The molecule has 8 heteroatoms. The highest BCUT2D eigenvalue weighted by atomic mass is 16.1. The van der Waals surface area contributed by atoms with Gasteiger partial charge < -0.3 is 5.32 Å². The second-order valence-corrected chi connectivity index (χ2v) is 10.3. The maximum absolute atomic E-state index is 14.0. The summed E-state index contributed by atoms with van der Waals surface area (Å²) in [6.07, 6.45) is 3.88. The fraction of sp³-hybridized carbons (Fsp3) is 0.242. The first kappa shape index (κ1) is 27.7. The molecule has 0 aliphatic rings. The molecule has 0 amide bonds. The molecule has 2 aromatic carbocycles. The van der Waals surface area contributed by atoms with Crippen LogP contribution in [0.15, 0.2) is 71.5 Å². The number of benzene rings is 2. The number of carbonyl (C=O) groups excluding carboxylic acids is 1. The molecule has 0 saturated carbocycles. The second kappa shape index (κ2) is 11.3. The quantitative estimate of drug-likeness (QED) is 0.227. The minimum Gasteiger partial charge on any atom is -0.359 e. The molecule has 0 fully saturated rings. The van der Waals surface area contributed by atoms with E-state index in [0.717, 1.165) is 28.3 Å². The van der Waals surface area contributed by atoms with Gasteiger partial charge in [0.2, 0.25) is 5.95 Å². The summed E-state index contributed by atoms with van der Waals surface area (Å²) < 4.78 is 3.69. The van der Waals surface area contributed by atoms with E-state index in [0.29, 0.717) is 40.5 Å². The summed E-state index contributed by atoms with van der Waals surface area (Å²) in [5.41, 5.74) is 5.59. The van der Waals surface area contributed by atoms with Gasteiger partial charge in [0.25, 0.3) is 5.56 Å². The van der Waals surface area contributed by atoms with Crippen molar-refractivity contribution in [2.75, 3.05) is 5.32 Å². The average Bonchev–Trinajstić information content (AvgIpc) is 3.28. The van der Waals surface area contributed by atoms with Gasteiger partial charge in [0.15, 0.2) is 5.78 Å². The molecule has 1 atom stereocenters. The van der Waals surface area contributed by atoms with E-state index in [2.05, 4.69) is 5.32 Å². The van der Waals surface area contributed by atoms with Gasteiger partial charge in [-0.2, -0.15) is 4.98 Å². The van der Waals surface area contributed by atoms with Crippen molar-refractivity contribution in [3.63, 3.8) is 0 Å². The van der Waals surface area contributed by atoms with Crippen LogP contribution in [0.5, 0.6) is 0 Å². The molecule has 1 unspecified atom stereocenters. The van der Waals surface area contributed by atoms with Gasteiger partial charge >= 0.3 is 0 Å². The van der Waals surface area contributed by atoms with Crippen molar-refractivity contribution in [3.05, 3.63) is 111 Å². The lowest BCUT2D eigenvalue weighted by Crippen LogP contribution is -2.29. The van der Waals surface area contributed by atoms with Crippen LogP contribution in [0, 0.1) is 27.7 Å². The zero-order valence-electron chi connectivity index (χ0n) is 24.3. The van der Waals surface area contributed by atoms with E-state index in [1.54, 1.807) is 10.6 Å². The van der Waals surface area contributed by atoms with Gasteiger partial charge in [-0.05, 0) is 89.1 Å². The van der Waals surface area contributed by atoms with Gasteiger partial charge in [0.05, 0.1) is 28.3 Å². The first-order chi connectivity index (χ1) is 19.7. The minimum atomic E-state index is -0.383. The third-order valence-electron chi connectivity index (χ3n) is 7.26. The maximum Gasteiger partial charge on any atom is 0.266 e. The zero-order valence-corrected chi connectivity index (χ0v) is 24.3. The average molecular weight is 547 g/mol. The Kier molecular flexibility index (Phi) is 7.66. The summed E-state index contributed by atoms with van der Waals surface area (Å²) in [7, 11) is 0. The Labute approximate surface area is 239 Å². The fourth-order valence-electron chi connectivity index (χ4n) is 5.15. The molecule has 3 aromatic heterocycles. The number of fused-ring (bicyclic) bond motifs is 1. The lowest BCUT2D eigenvalue weighted by atomic mass is 10.1. The molecular weight excluding hydrogens is 512 g/mol. The third-order valence-corrected chi connectivity index (χ3v) is 7.26. The van der Waals surface area contributed by atoms with Crippen molar-refractivity contribution >= 4 is 28.6 Å². The topological polar surface area (TPSA) is 94.7 Å². The van der Waals surface area contributed by atoms with E-state index >= 15 is 0 Å². The highest BCUT2D eigenvalue weighted by molar-refractivity contribution is 5.92. The van der Waals surface area contributed by atoms with Gasteiger partial charge in [-0.25, -0.2) is 9.97 Å². The van der Waals surface area contributed by atoms with Crippen molar-refractivity contribution < 1.29 is 4.79 Å². The van der Waals surface area contributed by atoms with Crippen LogP contribution in [0.25, 0.3) is 28.6 Å². The Bertz CT molecular complexity index is 1830. The van der Waals surface area contributed by atoms with Crippen LogP contribution in [0.4, 0.5) is 5.82 Å². The number of nitrogens with zero attached hydrogens (tertiary/aromatic N) is 5. The van der Waals surface area contributed by atoms with Crippen molar-refractivity contribution in [3.8, 4) is 11.6 Å². The fourth-order valence-corrected chi connectivity index (χ4v) is 5.15. The number of rotatable bonds is 8. The summed E-state index contributed by atoms with van der Waals surface area (Å²) in [5.74, 6) is 1.59. The first-order valence-corrected chi connectivity index (χ1v) is 13.8. The molecule has 0 radical (unpaired) electrons. The van der Waals surface area contributed by atoms with Gasteiger partial charge in [-0.3, -0.25) is 18.7 Å². The van der Waals surface area contributed by atoms with E-state index in [1.165, 1.54) is 13.0 Å². The van der Waals surface area contributed by atoms with Crippen LogP contribution in [0.3, 0.4) is 0 Å². The van der Waals surface area contributed by atoms with Crippen LogP contribution in [-0.4, -0.2) is 29.9 Å². The summed E-state index contributed by atoms with van der Waals surface area (Å²) >= 11 is 0. The molecular formula is C33H34N6O2. The Balaban J connectivity index is 1.73. The number of para-hydroxylation sites is 1. The lowest BCUT2D eigenvalue weighted by molar-refractivity contribution is -0.112. The molecule has 0 bridgehead atoms. The summed E-state index contributed by atoms with van der Waals surface area (Å²) in [6, 6.07) is 19.0. The first-order valence-electron chi connectivity index (χ1n) is 13.8. The number of hydrogen-bond acceptors (Lipinski definition) is 6. The molecule has 8 nitrogen and oxygen atoms in total. The van der Waals surface area contributed by atoms with Gasteiger partial charge in [-0.15, -0.1) is 0 Å². The molecule has 0 spiro atoms. The monoisotopic (exact) mass is 546 g/mol. The summed E-state index contributed by atoms with van der Waals surface area (Å²) in [5, 5.41) is 4.18. The largest absolute Gasteiger partial charge is 0.359 e. The number of nitrogens with one attached hydrogen (secondary N) is 1. The molecule has 41 heavy (non-hydrogen) atoms. The SMILES string of the molecule is CCC(Nc1nc(-n2c(C)ccc2C)nc(C)c1/C=C/C(C)=O)c1nc2cccc(C)c2c(=O)n1-c1ccccc1. The lowest BCUT2D eigenvalue weighted by Gasteiger charge is -2.24. The number of carbonyl (C=O) groups is 1. The molecule has 208 valence electrons. The third kappa shape index (κ3) is 5.33. The number of allylic oxidation sites excluding steroid dienone is 1. The molecule has 5 rings (SSSR count). The Morgan fingerprint density at radius 2 is 1.61 bits per heavy atom. The van der Waals surface area contributed by atoms with E-state index in [9.17, 15) is 9.59 Å². The smallest absolute Gasteiger partial charge is 0.266 e. The Morgan fingerprint density at radius 1 is 0.902 bits per heavy atom. The Hall–Kier alpha value is -4.85. The zero-order chi connectivity index (χ0) is 29.3. The molecule has 1 N–H and O–H groups in total. The number of ketones is 1. The van der Waals surface area contributed by atoms with Crippen LogP contribution >= 0.6 is 0 Å². The van der Waals surface area contributed by atoms with Crippen molar-refractivity contribution in [1.29, 1.82) is 0 Å². The molecule has 0 aliphatic heterocycles. The standard InChI is InChI=1S/C33H34N6O2/c1-7-27(31-36-28-15-11-12-20(2)29(28)32(41)39(31)25-13-9-8-10-14-25)35-30-26(19-18-23(5)40)24(6)34-33(37-30)38-21(3)16-17-22(38)4/h8-19,27H,7H2,1-6H3,(H,34,35,37)/b19-18+. The second-order valence-electron chi connectivity index (χ2n) is 10.3. The van der Waals surface area contributed by atoms with E-state index < -0.39 is 0 Å². The molecule has 5 aromatic rings. The Morgan fingerprint density at radius 3 is 2.27 bits per heavy atom. The predicted octanol–water partition coefficient (Wildman–Crippen LogP) is 6.37. The summed E-state index contributed by atoms with van der Waals surface area (Å²) in [4.78, 5) is 40.7. The van der Waals surface area contributed by atoms with Crippen LogP contribution in [0.2, 0.25) is 0 Å². The van der Waals surface area contributed by atoms with Crippen LogP contribution < -0.4 is 10.9 Å². The van der Waals surface area contributed by atoms with Gasteiger partial charge in [0.1, 0.15) is 11.6 Å². The number of hydrogen-bond donors (Lipinski definition) is 1. The van der Waals surface area contributed by atoms with Crippen molar-refractivity contribution in [1.82, 2.24) is 24.1 Å². The van der Waals surface area contributed by atoms with E-state index in [4.69, 9.17) is 15.0 Å². The molecule has 3 heterocycles. The van der Waals surface area contributed by atoms with Gasteiger partial charge in [0, 0.05) is 17.0 Å². The normalized spacial score (nSPS) is 12.2. The predicted molar refractivity (Wildman–Crippen MR) is 164 cm³/mol. The molecule has 0 saturated heterocycles. The highest BCUT2D eigenvalue weighted by Crippen LogP contribution is 2.29. The van der Waals surface area contributed by atoms with E-state index in [-0.39, 0.29) is 17.4 Å². The highest BCUT2D eigenvalue weighted by Gasteiger charge is 2.23. The van der Waals surface area contributed by atoms with Gasteiger partial charge in [-0.1, -0.05) is 37.3 Å². The number of aryl methyl sites for hydroxylation is 4. The summed E-state index contributed by atoms with van der Waals surface area (Å²) in [6.45, 7) is 11.4. The van der Waals surface area contributed by atoms with E-state index in [1.807, 2.05) is 99.8 Å². The number of anilines is 1. The van der Waals surface area contributed by atoms with Crippen LogP contribution in [0.1, 0.15) is 60.3 Å².